The second-order valence-corrected chi connectivity index (χ2v) is 5.18. The highest BCUT2D eigenvalue weighted by Crippen LogP contribution is 2.31. The van der Waals surface area contributed by atoms with Crippen molar-refractivity contribution in [2.45, 2.75) is 45.1 Å². The van der Waals surface area contributed by atoms with Crippen LogP contribution in [0.4, 0.5) is 0 Å². The lowest BCUT2D eigenvalue weighted by Gasteiger charge is -2.06. The Morgan fingerprint density at radius 3 is 1.47 bits per heavy atom. The number of ether oxygens (including phenoxy) is 4. The minimum Gasteiger partial charge on any atom is -0.390 e. The summed E-state index contributed by atoms with van der Waals surface area (Å²) in [5, 5.41) is 18.4. The quantitative estimate of drug-likeness (QED) is 0.654. The third-order valence-electron chi connectivity index (χ3n) is 4.02. The van der Waals surface area contributed by atoms with Crippen LogP contribution in [0.3, 0.4) is 0 Å². The second-order valence-electron chi connectivity index (χ2n) is 5.18. The first-order valence-electron chi connectivity index (χ1n) is 6.58. The molecule has 0 aromatic carbocycles. The Kier molecular flexibility index (Phi) is 5.16. The lowest BCUT2D eigenvalue weighted by atomic mass is 10.0. The summed E-state index contributed by atoms with van der Waals surface area (Å²) >= 11 is 0. The zero-order valence-corrected chi connectivity index (χ0v) is 10.2. The number of fused-ring (bicyclic) bond motifs is 2. The smallest absolute Gasteiger partial charge is 0.163 e. The molecule has 4 aliphatic heterocycles. The van der Waals surface area contributed by atoms with Crippen molar-refractivity contribution < 1.29 is 29.2 Å². The van der Waals surface area contributed by atoms with Crippen LogP contribution in [0.15, 0.2) is 0 Å². The molecular formula is C13H24O6. The van der Waals surface area contributed by atoms with E-state index in [1.54, 1.807) is 0 Å². The fraction of sp³-hybridized carbons (Fsp3) is 1.00. The lowest BCUT2D eigenvalue weighted by Crippen LogP contribution is -2.18. The number of aliphatic hydroxyl groups is 2. The minimum absolute atomic E-state index is 0. The van der Waals surface area contributed by atoms with Crippen LogP contribution in [0.5, 0.6) is 0 Å². The summed E-state index contributed by atoms with van der Waals surface area (Å²) in [6, 6.07) is 0. The van der Waals surface area contributed by atoms with Gasteiger partial charge in [0.1, 0.15) is 0 Å². The predicted octanol–water partition coefficient (Wildman–Crippen LogP) is 0.116. The fourth-order valence-corrected chi connectivity index (χ4v) is 2.88. The molecule has 112 valence electrons. The van der Waals surface area contributed by atoms with Crippen molar-refractivity contribution in [2.75, 3.05) is 26.4 Å². The summed E-state index contributed by atoms with van der Waals surface area (Å²) in [6.07, 6.45) is 1.15. The van der Waals surface area contributed by atoms with Crippen molar-refractivity contribution >= 4 is 0 Å². The molecule has 4 rings (SSSR count). The fourth-order valence-electron chi connectivity index (χ4n) is 2.88. The summed E-state index contributed by atoms with van der Waals surface area (Å²) in [6.45, 7) is 2.39. The second kappa shape index (κ2) is 6.47. The summed E-state index contributed by atoms with van der Waals surface area (Å²) in [4.78, 5) is 0. The lowest BCUT2D eigenvalue weighted by molar-refractivity contribution is -0.0909. The van der Waals surface area contributed by atoms with Crippen LogP contribution in [0.2, 0.25) is 0 Å². The molecular weight excluding hydrogens is 252 g/mol. The van der Waals surface area contributed by atoms with Gasteiger partial charge in [0.05, 0.1) is 38.6 Å². The Hall–Kier alpha value is -0.240. The number of hydrogen-bond acceptors (Lipinski definition) is 6. The molecule has 0 aliphatic carbocycles. The summed E-state index contributed by atoms with van der Waals surface area (Å²) in [7, 11) is 0. The molecule has 6 atom stereocenters. The molecule has 0 aromatic rings. The SMILES string of the molecule is C.O[C@@H]1CO[C@@H]2OCC[C@@H]21.O[C@H]1CO[C@H]2OCC[C@H]21. The van der Waals surface area contributed by atoms with Gasteiger partial charge in [-0.1, -0.05) is 7.43 Å². The van der Waals surface area contributed by atoms with Gasteiger partial charge in [-0.15, -0.1) is 0 Å². The largest absolute Gasteiger partial charge is 0.390 e. The van der Waals surface area contributed by atoms with Crippen molar-refractivity contribution in [2.24, 2.45) is 11.8 Å². The Bertz CT molecular complexity index is 258. The van der Waals surface area contributed by atoms with Crippen LogP contribution in [0, 0.1) is 11.8 Å². The van der Waals surface area contributed by atoms with Crippen molar-refractivity contribution in [3.8, 4) is 0 Å². The highest BCUT2D eigenvalue weighted by atomic mass is 16.7. The van der Waals surface area contributed by atoms with Gasteiger partial charge in [-0.25, -0.2) is 0 Å². The normalized spacial score (nSPS) is 47.1. The van der Waals surface area contributed by atoms with Gasteiger partial charge >= 0.3 is 0 Å². The topological polar surface area (TPSA) is 77.4 Å². The molecule has 0 spiro atoms. The summed E-state index contributed by atoms with van der Waals surface area (Å²) in [5.41, 5.74) is 0. The zero-order valence-electron chi connectivity index (χ0n) is 10.2. The maximum Gasteiger partial charge on any atom is 0.163 e. The third kappa shape index (κ3) is 3.09. The number of aliphatic hydroxyl groups excluding tert-OH is 2. The molecule has 2 N–H and O–H groups in total. The monoisotopic (exact) mass is 276 g/mol. The van der Waals surface area contributed by atoms with Crippen LogP contribution in [0.1, 0.15) is 20.3 Å². The van der Waals surface area contributed by atoms with E-state index >= 15 is 0 Å². The summed E-state index contributed by atoms with van der Waals surface area (Å²) in [5.74, 6) is 0.509. The van der Waals surface area contributed by atoms with E-state index in [2.05, 4.69) is 0 Å². The molecule has 0 bridgehead atoms. The highest BCUT2D eigenvalue weighted by molar-refractivity contribution is 4.82. The van der Waals surface area contributed by atoms with Crippen molar-refractivity contribution in [3.05, 3.63) is 0 Å². The molecule has 4 fully saturated rings. The molecule has 0 aromatic heterocycles. The first-order chi connectivity index (χ1) is 8.75. The van der Waals surface area contributed by atoms with E-state index in [1.165, 1.54) is 0 Å². The van der Waals surface area contributed by atoms with E-state index in [1.807, 2.05) is 0 Å². The van der Waals surface area contributed by atoms with E-state index in [9.17, 15) is 10.2 Å². The van der Waals surface area contributed by atoms with E-state index in [0.717, 1.165) is 26.1 Å². The van der Waals surface area contributed by atoms with Gasteiger partial charge in [0, 0.05) is 11.8 Å². The third-order valence-corrected chi connectivity index (χ3v) is 4.02. The molecule has 4 heterocycles. The van der Waals surface area contributed by atoms with E-state index < -0.39 is 0 Å². The highest BCUT2D eigenvalue weighted by Gasteiger charge is 2.41. The molecule has 0 amide bonds. The summed E-state index contributed by atoms with van der Waals surface area (Å²) < 4.78 is 20.6. The zero-order chi connectivity index (χ0) is 12.5. The van der Waals surface area contributed by atoms with Gasteiger partial charge in [0.2, 0.25) is 0 Å². The van der Waals surface area contributed by atoms with Crippen LogP contribution in [0.25, 0.3) is 0 Å². The Balaban J connectivity index is 0.000000133. The first-order valence-corrected chi connectivity index (χ1v) is 6.58. The van der Waals surface area contributed by atoms with Crippen LogP contribution < -0.4 is 0 Å². The van der Waals surface area contributed by atoms with Crippen molar-refractivity contribution in [1.82, 2.24) is 0 Å². The van der Waals surface area contributed by atoms with Gasteiger partial charge in [-0.05, 0) is 12.8 Å². The maximum absolute atomic E-state index is 9.19. The van der Waals surface area contributed by atoms with Crippen molar-refractivity contribution in [1.29, 1.82) is 0 Å². The van der Waals surface area contributed by atoms with Crippen LogP contribution in [-0.4, -0.2) is 61.4 Å². The number of rotatable bonds is 0. The maximum atomic E-state index is 9.19. The molecule has 0 unspecified atom stereocenters. The molecule has 19 heavy (non-hydrogen) atoms. The Morgan fingerprint density at radius 2 is 1.11 bits per heavy atom. The van der Waals surface area contributed by atoms with Crippen LogP contribution in [-0.2, 0) is 18.9 Å². The van der Waals surface area contributed by atoms with Gasteiger partial charge in [-0.2, -0.15) is 0 Å². The molecule has 0 radical (unpaired) electrons. The van der Waals surface area contributed by atoms with Gasteiger partial charge in [0.15, 0.2) is 12.6 Å². The molecule has 4 aliphatic rings. The average molecular weight is 276 g/mol. The first kappa shape index (κ1) is 15.2. The molecule has 0 saturated carbocycles. The molecule has 6 nitrogen and oxygen atoms in total. The standard InChI is InChI=1S/2C6H10O3.CH4/c2*7-5-3-9-6-4(5)1-2-8-6;/h2*4-7H,1-3H2;1H4/t2*4-,5-,6+;/m10./s1. The van der Waals surface area contributed by atoms with Crippen LogP contribution >= 0.6 is 0 Å². The minimum atomic E-state index is -0.280. The van der Waals surface area contributed by atoms with E-state index in [0.29, 0.717) is 13.2 Å². The van der Waals surface area contributed by atoms with Gasteiger partial charge in [0.25, 0.3) is 0 Å². The number of hydrogen-bond donors (Lipinski definition) is 2. The Morgan fingerprint density at radius 1 is 0.684 bits per heavy atom. The van der Waals surface area contributed by atoms with Crippen molar-refractivity contribution in [3.63, 3.8) is 0 Å². The van der Waals surface area contributed by atoms with E-state index in [4.69, 9.17) is 18.9 Å². The van der Waals surface area contributed by atoms with Gasteiger partial charge < -0.3 is 29.2 Å². The Labute approximate surface area is 113 Å². The predicted molar refractivity (Wildman–Crippen MR) is 66.3 cm³/mol. The van der Waals surface area contributed by atoms with Gasteiger partial charge in [-0.3, -0.25) is 0 Å². The molecule has 4 saturated heterocycles. The average Bonchev–Trinajstić information content (AvgIpc) is 3.06. The molecule has 6 heteroatoms. The van der Waals surface area contributed by atoms with E-state index in [-0.39, 0.29) is 44.1 Å².